The monoisotopic (exact) mass is 598 g/mol. The van der Waals surface area contributed by atoms with Crippen molar-refractivity contribution in [2.24, 2.45) is 0 Å². The van der Waals surface area contributed by atoms with Crippen molar-refractivity contribution in [3.8, 4) is 0 Å². The molecule has 4 saturated carbocycles. The van der Waals surface area contributed by atoms with Crippen molar-refractivity contribution >= 4 is 15.8 Å². The van der Waals surface area contributed by atoms with Crippen LogP contribution in [-0.4, -0.2) is 35.0 Å². The van der Waals surface area contributed by atoms with Crippen molar-refractivity contribution in [3.63, 3.8) is 0 Å². The molecule has 0 N–H and O–H groups in total. The summed E-state index contributed by atoms with van der Waals surface area (Å²) in [5.41, 5.74) is 4.73. The van der Waals surface area contributed by atoms with E-state index in [1.54, 1.807) is 141 Å². The third-order valence-electron chi connectivity index (χ3n) is 8.79. The molecule has 5 heteroatoms. The van der Waals surface area contributed by atoms with Gasteiger partial charge < -0.3 is 24.8 Å². The average Bonchev–Trinajstić information content (AvgIpc) is 2.79. The minimum absolute atomic E-state index is 0. The smallest absolute Gasteiger partial charge is 1.00 e. The fraction of sp³-hybridized carbons (Fsp3) is 1.00. The van der Waals surface area contributed by atoms with Gasteiger partial charge in [-0.3, -0.25) is 0 Å². The molecule has 0 aromatic rings. The molecule has 0 aromatic heterocycles. The van der Waals surface area contributed by atoms with E-state index in [4.69, 9.17) is 0 Å². The van der Waals surface area contributed by atoms with Gasteiger partial charge in [-0.15, -0.1) is 0 Å². The van der Waals surface area contributed by atoms with Crippen molar-refractivity contribution in [3.05, 3.63) is 0 Å². The van der Waals surface area contributed by atoms with Crippen LogP contribution in [0.25, 0.3) is 0 Å². The maximum atomic E-state index is 1.71. The summed E-state index contributed by atoms with van der Waals surface area (Å²) in [6.07, 6.45) is 35.1. The quantitative estimate of drug-likeness (QED) is 0.311. The molecule has 31 heavy (non-hydrogen) atoms. The molecule has 0 atom stereocenters. The predicted molar refractivity (Wildman–Crippen MR) is 131 cm³/mol. The maximum absolute atomic E-state index is 1.71. The topological polar surface area (TPSA) is 0 Å². The zero-order valence-corrected chi connectivity index (χ0v) is 24.7. The van der Waals surface area contributed by atoms with E-state index in [0.717, 1.165) is 0 Å². The number of rotatable bonds is 7. The molecule has 4 aliphatic rings. The summed E-state index contributed by atoms with van der Waals surface area (Å²) in [6, 6.07) is 0. The van der Waals surface area contributed by atoms with E-state index in [2.05, 4.69) is 0 Å². The summed E-state index contributed by atoms with van der Waals surface area (Å²) in [7, 11) is 0.689. The zero-order chi connectivity index (χ0) is 19.0. The van der Waals surface area contributed by atoms with Gasteiger partial charge in [0.05, 0.1) is 0 Å². The van der Waals surface area contributed by atoms with E-state index < -0.39 is 0 Å². The molecule has 0 aliphatic heterocycles. The first-order valence-corrected chi connectivity index (χ1v) is 16.8. The Balaban J connectivity index is 0.00000160. The van der Waals surface area contributed by atoms with Gasteiger partial charge in [0.25, 0.3) is 0 Å². The predicted octanol–water partition coefficient (Wildman–Crippen LogP) is 3.29. The molecule has 4 fully saturated rings. The van der Waals surface area contributed by atoms with Crippen LogP contribution in [0.1, 0.15) is 128 Å². The van der Waals surface area contributed by atoms with Crippen LogP contribution in [0, 0.1) is 0 Å². The van der Waals surface area contributed by atoms with Gasteiger partial charge in [0.1, 0.15) is 0 Å². The molecule has 0 spiro atoms. The Kier molecular flexibility index (Phi) is 17.6. The molecule has 0 nitrogen and oxygen atoms in total. The molecule has 4 aliphatic carbocycles. The van der Waals surface area contributed by atoms with Crippen molar-refractivity contribution in [1.82, 2.24) is 0 Å². The van der Waals surface area contributed by atoms with Crippen LogP contribution in [0.15, 0.2) is 0 Å². The van der Waals surface area contributed by atoms with Crippen LogP contribution >= 0.6 is 15.8 Å². The van der Waals surface area contributed by atoms with E-state index in [1.807, 2.05) is 0 Å². The fourth-order valence-corrected chi connectivity index (χ4v) is 15.8. The maximum Gasteiger partial charge on any atom is 2.00 e. The van der Waals surface area contributed by atoms with Gasteiger partial charge >= 0.3 is 20.4 Å². The van der Waals surface area contributed by atoms with Crippen LogP contribution in [0.5, 0.6) is 0 Å². The summed E-state index contributed by atoms with van der Waals surface area (Å²) in [6.45, 7) is 0. The summed E-state index contributed by atoms with van der Waals surface area (Å²) < 4.78 is 0. The SMILES string of the molecule is C1CCC(P(CCP(C2CCCCC2)C2CCCCC2)C2CCCCC2)CC1.[Cl-].[Cl-].[Pd+2]. The summed E-state index contributed by atoms with van der Waals surface area (Å²) in [5, 5.41) is 0. The van der Waals surface area contributed by atoms with Gasteiger partial charge in [-0.1, -0.05) is 92.9 Å². The Labute approximate surface area is 223 Å². The van der Waals surface area contributed by atoms with E-state index in [0.29, 0.717) is 15.8 Å². The number of halogens is 2. The van der Waals surface area contributed by atoms with Crippen molar-refractivity contribution in [2.75, 3.05) is 12.3 Å². The zero-order valence-electron chi connectivity index (χ0n) is 19.8. The Morgan fingerprint density at radius 3 is 0.742 bits per heavy atom. The molecule has 0 aromatic carbocycles. The van der Waals surface area contributed by atoms with Gasteiger partial charge in [-0.05, 0) is 86.3 Å². The molecule has 0 unspecified atom stereocenters. The number of hydrogen-bond acceptors (Lipinski definition) is 0. The summed E-state index contributed by atoms with van der Waals surface area (Å²) in [5.74, 6) is 0. The summed E-state index contributed by atoms with van der Waals surface area (Å²) in [4.78, 5) is 0. The van der Waals surface area contributed by atoms with Crippen molar-refractivity contribution in [2.45, 2.75) is 151 Å². The van der Waals surface area contributed by atoms with Crippen LogP contribution in [0.3, 0.4) is 0 Å². The van der Waals surface area contributed by atoms with Crippen LogP contribution in [0.4, 0.5) is 0 Å². The molecule has 0 amide bonds. The van der Waals surface area contributed by atoms with Gasteiger partial charge in [0.2, 0.25) is 0 Å². The molecule has 0 heterocycles. The second-order valence-corrected chi connectivity index (χ2v) is 16.5. The van der Waals surface area contributed by atoms with Crippen molar-refractivity contribution < 1.29 is 45.2 Å². The van der Waals surface area contributed by atoms with E-state index in [9.17, 15) is 0 Å². The average molecular weight is 600 g/mol. The van der Waals surface area contributed by atoms with E-state index in [-0.39, 0.29) is 45.2 Å². The Bertz CT molecular complexity index is 353. The first-order valence-electron chi connectivity index (χ1n) is 13.4. The van der Waals surface area contributed by atoms with E-state index in [1.165, 1.54) is 22.6 Å². The molecular weight excluding hydrogens is 552 g/mol. The molecule has 0 saturated heterocycles. The standard InChI is InChI=1S/C26H48P2.2ClH.Pd/c1-5-13-23(14-6-1)27(24-15-7-2-8-16-24)21-22-28(25-17-9-3-10-18-25)26-19-11-4-12-20-26;;;/h23-26H,1-22H2;2*1H;/q;;;+2/p-2. The molecule has 186 valence electrons. The normalized spacial score (nSPS) is 25.0. The minimum atomic E-state index is 0. The Hall–Kier alpha value is 2.10. The Morgan fingerprint density at radius 2 is 0.548 bits per heavy atom. The van der Waals surface area contributed by atoms with Crippen LogP contribution < -0.4 is 24.8 Å². The summed E-state index contributed by atoms with van der Waals surface area (Å²) >= 11 is 0. The van der Waals surface area contributed by atoms with Gasteiger partial charge in [-0.2, -0.15) is 0 Å². The van der Waals surface area contributed by atoms with E-state index >= 15 is 0 Å². The minimum Gasteiger partial charge on any atom is -1.00 e. The molecular formula is C26H48Cl2P2Pd. The van der Waals surface area contributed by atoms with Gasteiger partial charge in [-0.25, -0.2) is 0 Å². The Morgan fingerprint density at radius 1 is 0.355 bits per heavy atom. The third kappa shape index (κ3) is 9.58. The van der Waals surface area contributed by atoms with Crippen LogP contribution in [-0.2, 0) is 20.4 Å². The first-order chi connectivity index (χ1) is 13.9. The third-order valence-corrected chi connectivity index (χ3v) is 16.4. The van der Waals surface area contributed by atoms with Gasteiger partial charge in [0.15, 0.2) is 0 Å². The fourth-order valence-electron chi connectivity index (χ4n) is 7.21. The van der Waals surface area contributed by atoms with Crippen molar-refractivity contribution in [1.29, 1.82) is 0 Å². The molecule has 4 rings (SSSR count). The first kappa shape index (κ1) is 31.1. The molecule has 0 radical (unpaired) electrons. The molecule has 0 bridgehead atoms. The van der Waals surface area contributed by atoms with Gasteiger partial charge in [0, 0.05) is 0 Å². The second kappa shape index (κ2) is 17.5. The largest absolute Gasteiger partial charge is 2.00 e. The number of hydrogen-bond donors (Lipinski definition) is 0. The van der Waals surface area contributed by atoms with Crippen LogP contribution in [0.2, 0.25) is 0 Å². The second-order valence-electron chi connectivity index (χ2n) is 10.6.